The highest BCUT2D eigenvalue weighted by Gasteiger charge is 2.07. The third kappa shape index (κ3) is 6.29. The van der Waals surface area contributed by atoms with Gasteiger partial charge in [0, 0.05) is 5.92 Å². The first kappa shape index (κ1) is 10.9. The second-order valence-electron chi connectivity index (χ2n) is 3.07. The van der Waals surface area contributed by atoms with E-state index in [9.17, 15) is 4.79 Å². The lowest BCUT2D eigenvalue weighted by molar-refractivity contribution is -0.113. The Kier molecular flexibility index (Phi) is 6.52. The van der Waals surface area contributed by atoms with Crippen molar-refractivity contribution in [2.45, 2.75) is 46.0 Å². The topological polar surface area (TPSA) is 17.1 Å². The van der Waals surface area contributed by atoms with Gasteiger partial charge in [-0.3, -0.25) is 4.79 Å². The number of carbonyl (C=O) groups excluding carboxylic acids is 1. The van der Waals surface area contributed by atoms with Gasteiger partial charge in [0.05, 0.1) is 0 Å². The van der Waals surface area contributed by atoms with E-state index in [1.807, 2.05) is 6.92 Å². The van der Waals surface area contributed by atoms with Crippen LogP contribution in [0, 0.1) is 5.92 Å². The van der Waals surface area contributed by atoms with E-state index in [0.29, 0.717) is 0 Å². The standard InChI is InChI=1S/C9H17OS/c1-3-4-5-6-7-8(2)9(10)11/h8H,3-7H2,1-2H3. The van der Waals surface area contributed by atoms with Crippen molar-refractivity contribution in [3.63, 3.8) is 0 Å². The van der Waals surface area contributed by atoms with Crippen LogP contribution >= 0.6 is 12.6 Å². The molecule has 0 aromatic carbocycles. The van der Waals surface area contributed by atoms with Gasteiger partial charge in [-0.2, -0.15) is 0 Å². The van der Waals surface area contributed by atoms with Gasteiger partial charge in [0.2, 0.25) is 5.12 Å². The summed E-state index contributed by atoms with van der Waals surface area (Å²) in [4.78, 5) is 10.6. The summed E-state index contributed by atoms with van der Waals surface area (Å²) in [6.07, 6.45) is 5.89. The Morgan fingerprint density at radius 1 is 1.36 bits per heavy atom. The van der Waals surface area contributed by atoms with Crippen molar-refractivity contribution < 1.29 is 4.79 Å². The molecule has 0 saturated heterocycles. The molecule has 0 spiro atoms. The third-order valence-electron chi connectivity index (χ3n) is 1.89. The SMILES string of the molecule is CCCCCCC(C)C(=O)[S]. The molecule has 1 unspecified atom stereocenters. The van der Waals surface area contributed by atoms with Gasteiger partial charge in [-0.15, -0.1) is 0 Å². The van der Waals surface area contributed by atoms with E-state index >= 15 is 0 Å². The van der Waals surface area contributed by atoms with Gasteiger partial charge in [-0.05, 0) is 19.0 Å². The molecule has 1 radical (unpaired) electrons. The largest absolute Gasteiger partial charge is 0.282 e. The van der Waals surface area contributed by atoms with E-state index < -0.39 is 0 Å². The maximum absolute atomic E-state index is 10.6. The van der Waals surface area contributed by atoms with Crippen LogP contribution in [0.3, 0.4) is 0 Å². The maximum Gasteiger partial charge on any atom is 0.221 e. The average Bonchev–Trinajstić information content (AvgIpc) is 1.97. The van der Waals surface area contributed by atoms with E-state index in [1.54, 1.807) is 0 Å². The van der Waals surface area contributed by atoms with Crippen LogP contribution in [0.25, 0.3) is 0 Å². The Morgan fingerprint density at radius 2 is 2.00 bits per heavy atom. The van der Waals surface area contributed by atoms with Crippen LogP contribution in [0.15, 0.2) is 0 Å². The molecular formula is C9H17OS. The summed E-state index contributed by atoms with van der Waals surface area (Å²) >= 11 is 4.54. The van der Waals surface area contributed by atoms with Crippen molar-refractivity contribution in [3.8, 4) is 0 Å². The highest BCUT2D eigenvalue weighted by molar-refractivity contribution is 7.96. The fraction of sp³-hybridized carbons (Fsp3) is 0.889. The Morgan fingerprint density at radius 3 is 2.45 bits per heavy atom. The van der Waals surface area contributed by atoms with Crippen LogP contribution in [0.5, 0.6) is 0 Å². The second-order valence-corrected chi connectivity index (χ2v) is 3.47. The summed E-state index contributed by atoms with van der Waals surface area (Å²) in [6, 6.07) is 0. The van der Waals surface area contributed by atoms with Crippen LogP contribution in [-0.4, -0.2) is 5.12 Å². The normalized spacial score (nSPS) is 12.9. The van der Waals surface area contributed by atoms with Crippen molar-refractivity contribution in [2.24, 2.45) is 5.92 Å². The van der Waals surface area contributed by atoms with Gasteiger partial charge in [0.15, 0.2) is 0 Å². The molecule has 0 bridgehead atoms. The first-order valence-corrected chi connectivity index (χ1v) is 4.80. The van der Waals surface area contributed by atoms with E-state index in [1.165, 1.54) is 19.3 Å². The van der Waals surface area contributed by atoms with Gasteiger partial charge < -0.3 is 0 Å². The van der Waals surface area contributed by atoms with Gasteiger partial charge >= 0.3 is 0 Å². The maximum atomic E-state index is 10.6. The molecule has 1 nitrogen and oxygen atoms in total. The fourth-order valence-corrected chi connectivity index (χ4v) is 1.11. The molecule has 1 atom stereocenters. The Labute approximate surface area is 75.0 Å². The van der Waals surface area contributed by atoms with Crippen LogP contribution in [0.1, 0.15) is 46.0 Å². The molecule has 0 aliphatic carbocycles. The van der Waals surface area contributed by atoms with Crippen molar-refractivity contribution in [3.05, 3.63) is 0 Å². The lowest BCUT2D eigenvalue weighted by atomic mass is 10.0. The smallest absolute Gasteiger partial charge is 0.221 e. The highest BCUT2D eigenvalue weighted by atomic mass is 32.1. The second kappa shape index (κ2) is 6.59. The number of rotatable bonds is 6. The number of hydrogen-bond donors (Lipinski definition) is 0. The van der Waals surface area contributed by atoms with E-state index in [2.05, 4.69) is 19.6 Å². The number of unbranched alkanes of at least 4 members (excludes halogenated alkanes) is 3. The predicted molar refractivity (Wildman–Crippen MR) is 50.5 cm³/mol. The number of carbonyl (C=O) groups is 1. The van der Waals surface area contributed by atoms with Crippen molar-refractivity contribution >= 4 is 17.7 Å². The minimum Gasteiger partial charge on any atom is -0.282 e. The molecule has 0 fully saturated rings. The molecule has 0 rings (SSSR count). The first-order chi connectivity index (χ1) is 5.18. The molecule has 0 aliphatic heterocycles. The van der Waals surface area contributed by atoms with Crippen molar-refractivity contribution in [2.75, 3.05) is 0 Å². The van der Waals surface area contributed by atoms with Gasteiger partial charge in [0.25, 0.3) is 0 Å². The van der Waals surface area contributed by atoms with Crippen LogP contribution in [0.2, 0.25) is 0 Å². The molecule has 65 valence electrons. The summed E-state index contributed by atoms with van der Waals surface area (Å²) < 4.78 is 0. The van der Waals surface area contributed by atoms with Crippen LogP contribution in [0.4, 0.5) is 0 Å². The van der Waals surface area contributed by atoms with Crippen molar-refractivity contribution in [1.82, 2.24) is 0 Å². The first-order valence-electron chi connectivity index (χ1n) is 4.39. The summed E-state index contributed by atoms with van der Waals surface area (Å²) in [6.45, 7) is 4.10. The summed E-state index contributed by atoms with van der Waals surface area (Å²) in [7, 11) is 0. The zero-order valence-electron chi connectivity index (χ0n) is 7.43. The molecule has 11 heavy (non-hydrogen) atoms. The predicted octanol–water partition coefficient (Wildman–Crippen LogP) is 3.32. The Balaban J connectivity index is 3.17. The number of hydrogen-bond acceptors (Lipinski definition) is 1. The zero-order valence-corrected chi connectivity index (χ0v) is 8.25. The highest BCUT2D eigenvalue weighted by Crippen LogP contribution is 2.12. The molecule has 0 aliphatic rings. The molecule has 0 saturated carbocycles. The van der Waals surface area contributed by atoms with Crippen molar-refractivity contribution in [1.29, 1.82) is 0 Å². The van der Waals surface area contributed by atoms with Gasteiger partial charge in [0.1, 0.15) is 0 Å². The average molecular weight is 173 g/mol. The lowest BCUT2D eigenvalue weighted by Gasteiger charge is -2.04. The van der Waals surface area contributed by atoms with E-state index in [4.69, 9.17) is 0 Å². The minimum atomic E-state index is -0.0819. The Hall–Kier alpha value is -0.110. The van der Waals surface area contributed by atoms with E-state index in [0.717, 1.165) is 12.8 Å². The molecular weight excluding hydrogens is 156 g/mol. The summed E-state index contributed by atoms with van der Waals surface area (Å²) in [5.41, 5.74) is 0. The molecule has 0 amide bonds. The molecule has 0 aromatic rings. The fourth-order valence-electron chi connectivity index (χ4n) is 0.995. The van der Waals surface area contributed by atoms with Crippen LogP contribution in [-0.2, 0) is 4.79 Å². The minimum absolute atomic E-state index is 0.0819. The summed E-state index contributed by atoms with van der Waals surface area (Å²) in [5.74, 6) is 0.0989. The molecule has 0 aromatic heterocycles. The van der Waals surface area contributed by atoms with Gasteiger partial charge in [-0.1, -0.05) is 39.5 Å². The monoisotopic (exact) mass is 173 g/mol. The summed E-state index contributed by atoms with van der Waals surface area (Å²) in [5, 5.41) is -0.0819. The Bertz CT molecular complexity index is 112. The van der Waals surface area contributed by atoms with Gasteiger partial charge in [-0.25, -0.2) is 0 Å². The van der Waals surface area contributed by atoms with Crippen LogP contribution < -0.4 is 0 Å². The third-order valence-corrected chi connectivity index (χ3v) is 2.30. The zero-order chi connectivity index (χ0) is 8.69. The lowest BCUT2D eigenvalue weighted by Crippen LogP contribution is -2.02. The van der Waals surface area contributed by atoms with E-state index in [-0.39, 0.29) is 11.0 Å². The quantitative estimate of drug-likeness (QED) is 0.563. The molecule has 2 heteroatoms. The molecule has 0 N–H and O–H groups in total. The molecule has 0 heterocycles.